The van der Waals surface area contributed by atoms with E-state index in [1.54, 1.807) is 42.9 Å². The number of para-hydroxylation sites is 1. The van der Waals surface area contributed by atoms with Crippen molar-refractivity contribution in [2.24, 2.45) is 5.92 Å². The molecule has 1 N–H and O–H groups in total. The maximum Gasteiger partial charge on any atom is 0.265 e. The molecule has 6 heteroatoms. The fourth-order valence-electron chi connectivity index (χ4n) is 3.81. The molecule has 0 bridgehead atoms. The van der Waals surface area contributed by atoms with Gasteiger partial charge in [-0.1, -0.05) is 38.8 Å². The van der Waals surface area contributed by atoms with E-state index in [4.69, 9.17) is 4.74 Å². The van der Waals surface area contributed by atoms with Gasteiger partial charge < -0.3 is 10.1 Å². The van der Waals surface area contributed by atoms with Crippen molar-refractivity contribution in [3.05, 3.63) is 58.6 Å². The molecule has 0 saturated heterocycles. The minimum absolute atomic E-state index is 0.00506. The molecule has 158 valence electrons. The fraction of sp³-hybridized carbons (Fsp3) is 0.375. The van der Waals surface area contributed by atoms with Crippen LogP contribution < -0.4 is 15.6 Å². The number of carbonyl (C=O) groups is 1. The fourth-order valence-corrected chi connectivity index (χ4v) is 3.81. The summed E-state index contributed by atoms with van der Waals surface area (Å²) in [6.07, 6.45) is 3.64. The summed E-state index contributed by atoms with van der Waals surface area (Å²) in [7, 11) is 1.55. The molecule has 0 spiro atoms. The lowest BCUT2D eigenvalue weighted by Crippen LogP contribution is -2.24. The van der Waals surface area contributed by atoms with Crippen LogP contribution in [0.1, 0.15) is 45.4 Å². The van der Waals surface area contributed by atoms with Gasteiger partial charge in [-0.15, -0.1) is 0 Å². The van der Waals surface area contributed by atoms with Crippen LogP contribution in [-0.2, 0) is 4.79 Å². The van der Waals surface area contributed by atoms with Crippen molar-refractivity contribution < 1.29 is 9.53 Å². The number of aryl methyl sites for hydroxylation is 1. The molecular formula is C24H29N3O3. The third-order valence-corrected chi connectivity index (χ3v) is 5.29. The topological polar surface area (TPSA) is 73.2 Å². The molecule has 30 heavy (non-hydrogen) atoms. The number of rotatable bonds is 8. The van der Waals surface area contributed by atoms with Crippen LogP contribution >= 0.6 is 0 Å². The van der Waals surface area contributed by atoms with E-state index in [2.05, 4.69) is 24.1 Å². The van der Waals surface area contributed by atoms with Crippen LogP contribution in [0, 0.1) is 12.8 Å². The summed E-state index contributed by atoms with van der Waals surface area (Å²) in [6.45, 7) is 5.97. The van der Waals surface area contributed by atoms with Gasteiger partial charge in [-0.05, 0) is 44.0 Å². The number of fused-ring (bicyclic) bond motifs is 1. The van der Waals surface area contributed by atoms with E-state index in [9.17, 15) is 9.59 Å². The van der Waals surface area contributed by atoms with E-state index in [0.717, 1.165) is 25.7 Å². The summed E-state index contributed by atoms with van der Waals surface area (Å²) in [5.74, 6) is 1.08. The van der Waals surface area contributed by atoms with Gasteiger partial charge in [0.25, 0.3) is 5.56 Å². The second kappa shape index (κ2) is 9.57. The van der Waals surface area contributed by atoms with Gasteiger partial charge >= 0.3 is 0 Å². The predicted molar refractivity (Wildman–Crippen MR) is 121 cm³/mol. The zero-order chi connectivity index (χ0) is 21.7. The molecule has 0 unspecified atom stereocenters. The summed E-state index contributed by atoms with van der Waals surface area (Å²) >= 11 is 0. The molecule has 0 aliphatic carbocycles. The van der Waals surface area contributed by atoms with Crippen LogP contribution in [-0.4, -0.2) is 22.6 Å². The van der Waals surface area contributed by atoms with Crippen molar-refractivity contribution in [1.29, 1.82) is 0 Å². The number of anilines is 1. The molecule has 3 aromatic rings. The molecule has 0 radical (unpaired) electrons. The molecule has 0 aliphatic heterocycles. The van der Waals surface area contributed by atoms with Crippen LogP contribution in [0.15, 0.2) is 47.3 Å². The summed E-state index contributed by atoms with van der Waals surface area (Å²) in [5.41, 5.74) is 1.78. The Morgan fingerprint density at radius 3 is 2.50 bits per heavy atom. The number of methoxy groups -OCH3 is 1. The highest BCUT2D eigenvalue weighted by Gasteiger charge is 2.19. The van der Waals surface area contributed by atoms with Crippen molar-refractivity contribution in [3.8, 4) is 11.4 Å². The lowest BCUT2D eigenvalue weighted by molar-refractivity contribution is -0.120. The highest BCUT2D eigenvalue weighted by atomic mass is 16.5. The zero-order valence-electron chi connectivity index (χ0n) is 18.1. The molecule has 1 heterocycles. The Labute approximate surface area is 176 Å². The van der Waals surface area contributed by atoms with Crippen molar-refractivity contribution >= 4 is 22.5 Å². The van der Waals surface area contributed by atoms with Gasteiger partial charge in [-0.25, -0.2) is 4.98 Å². The Morgan fingerprint density at radius 2 is 1.83 bits per heavy atom. The number of nitrogens with one attached hydrogen (secondary N) is 1. The van der Waals surface area contributed by atoms with E-state index in [0.29, 0.717) is 33.9 Å². The molecule has 0 fully saturated rings. The normalized spacial score (nSPS) is 11.1. The smallest absolute Gasteiger partial charge is 0.265 e. The summed E-state index contributed by atoms with van der Waals surface area (Å²) in [4.78, 5) is 30.4. The Kier molecular flexibility index (Phi) is 6.87. The average Bonchev–Trinajstić information content (AvgIpc) is 2.74. The van der Waals surface area contributed by atoms with E-state index >= 15 is 0 Å². The lowest BCUT2D eigenvalue weighted by Gasteiger charge is -2.18. The number of nitrogens with zero attached hydrogens (tertiary/aromatic N) is 2. The number of amides is 1. The van der Waals surface area contributed by atoms with Gasteiger partial charge in [-0.3, -0.25) is 14.2 Å². The number of hydrogen-bond donors (Lipinski definition) is 1. The molecule has 2 aromatic carbocycles. The first-order valence-corrected chi connectivity index (χ1v) is 10.5. The molecular weight excluding hydrogens is 378 g/mol. The monoisotopic (exact) mass is 407 g/mol. The number of aromatic nitrogens is 2. The van der Waals surface area contributed by atoms with Crippen molar-refractivity contribution in [1.82, 2.24) is 9.55 Å². The SMILES string of the molecule is CCCC(CCC)C(=O)Nc1ccc(-n2c(C)nc3ccccc3c2=O)cc1OC. The maximum atomic E-state index is 13.1. The molecule has 0 aliphatic rings. The minimum atomic E-state index is -0.136. The quantitative estimate of drug-likeness (QED) is 0.579. The molecule has 0 atom stereocenters. The Balaban J connectivity index is 1.98. The number of ether oxygens (including phenoxy) is 1. The number of carbonyl (C=O) groups excluding carboxylic acids is 1. The van der Waals surface area contributed by atoms with Gasteiger partial charge in [0.15, 0.2) is 0 Å². The molecule has 0 saturated carbocycles. The van der Waals surface area contributed by atoms with Gasteiger partial charge in [-0.2, -0.15) is 0 Å². The van der Waals surface area contributed by atoms with Crippen LogP contribution in [0.3, 0.4) is 0 Å². The number of benzene rings is 2. The van der Waals surface area contributed by atoms with E-state index in [1.165, 1.54) is 0 Å². The highest BCUT2D eigenvalue weighted by Crippen LogP contribution is 2.29. The summed E-state index contributed by atoms with van der Waals surface area (Å²) in [6, 6.07) is 12.6. The van der Waals surface area contributed by atoms with Gasteiger partial charge in [0.05, 0.1) is 29.4 Å². The molecule has 1 amide bonds. The average molecular weight is 408 g/mol. The highest BCUT2D eigenvalue weighted by molar-refractivity contribution is 5.94. The molecule has 6 nitrogen and oxygen atoms in total. The second-order valence-electron chi connectivity index (χ2n) is 7.46. The van der Waals surface area contributed by atoms with Crippen LogP contribution in [0.25, 0.3) is 16.6 Å². The molecule has 3 rings (SSSR count). The first-order valence-electron chi connectivity index (χ1n) is 10.5. The van der Waals surface area contributed by atoms with Crippen LogP contribution in [0.4, 0.5) is 5.69 Å². The Morgan fingerprint density at radius 1 is 1.13 bits per heavy atom. The predicted octanol–water partition coefficient (Wildman–Crippen LogP) is 4.86. The third-order valence-electron chi connectivity index (χ3n) is 5.29. The third kappa shape index (κ3) is 4.37. The molecule has 1 aromatic heterocycles. The number of hydrogen-bond acceptors (Lipinski definition) is 4. The lowest BCUT2D eigenvalue weighted by atomic mass is 9.97. The van der Waals surface area contributed by atoms with E-state index in [1.807, 2.05) is 18.2 Å². The Hall–Kier alpha value is -3.15. The summed E-state index contributed by atoms with van der Waals surface area (Å²) < 4.78 is 7.09. The Bertz CT molecular complexity index is 1100. The van der Waals surface area contributed by atoms with Crippen molar-refractivity contribution in [3.63, 3.8) is 0 Å². The minimum Gasteiger partial charge on any atom is -0.494 e. The van der Waals surface area contributed by atoms with Gasteiger partial charge in [0.2, 0.25) is 5.91 Å². The largest absolute Gasteiger partial charge is 0.494 e. The van der Waals surface area contributed by atoms with Gasteiger partial charge in [0.1, 0.15) is 11.6 Å². The van der Waals surface area contributed by atoms with Crippen LogP contribution in [0.5, 0.6) is 5.75 Å². The van der Waals surface area contributed by atoms with E-state index < -0.39 is 0 Å². The van der Waals surface area contributed by atoms with Crippen LogP contribution in [0.2, 0.25) is 0 Å². The first-order chi connectivity index (χ1) is 14.5. The standard InChI is InChI=1S/C24H29N3O3/c1-5-9-17(10-6-2)23(28)26-21-14-13-18(15-22(21)30-4)27-16(3)25-20-12-8-7-11-19(20)24(27)29/h7-8,11-15,17H,5-6,9-10H2,1-4H3,(H,26,28). The second-order valence-corrected chi connectivity index (χ2v) is 7.46. The van der Waals surface area contributed by atoms with Crippen molar-refractivity contribution in [2.75, 3.05) is 12.4 Å². The van der Waals surface area contributed by atoms with E-state index in [-0.39, 0.29) is 17.4 Å². The summed E-state index contributed by atoms with van der Waals surface area (Å²) in [5, 5.41) is 3.56. The van der Waals surface area contributed by atoms with Crippen molar-refractivity contribution in [2.45, 2.75) is 46.5 Å². The van der Waals surface area contributed by atoms with Gasteiger partial charge in [0, 0.05) is 12.0 Å². The maximum absolute atomic E-state index is 13.1. The zero-order valence-corrected chi connectivity index (χ0v) is 18.1. The first kappa shape index (κ1) is 21.6.